The molecule has 1 atom stereocenters. The van der Waals surface area contributed by atoms with Gasteiger partial charge in [0.15, 0.2) is 0 Å². The highest BCUT2D eigenvalue weighted by Crippen LogP contribution is 0.861. The van der Waals surface area contributed by atoms with Gasteiger partial charge in [-0.2, -0.15) is 9.90 Å². The predicted octanol–water partition coefficient (Wildman–Crippen LogP) is -0.985. The Bertz CT molecular complexity index is 8.00. The summed E-state index contributed by atoms with van der Waals surface area (Å²) in [6, 6.07) is 0. The molecule has 4 heavy (non-hydrogen) atoms. The maximum atomic E-state index is 0. The number of rotatable bonds is 0. The molecule has 0 fully saturated rings. The molecule has 1 unspecified atom stereocenters. The second kappa shape index (κ2) is 32.1. The van der Waals surface area contributed by atoms with Crippen LogP contribution in [0.4, 0.5) is 0 Å². The Morgan fingerprint density at radius 1 is 1.00 bits per heavy atom. The van der Waals surface area contributed by atoms with Crippen molar-refractivity contribution in [2.24, 2.45) is 0 Å². The molecule has 5 N–H and O–H groups in total. The molecule has 4 heteroatoms. The Kier molecular flexibility index (Phi) is 558. The summed E-state index contributed by atoms with van der Waals surface area (Å²) in [5.41, 5.74) is 0. The standard InChI is InChI=1S/Mg.H3N.H2O.H3P/h;1H3;1H2;1H3. The van der Waals surface area contributed by atoms with Crippen molar-refractivity contribution in [3.63, 3.8) is 0 Å². The Hall–Kier alpha value is 1.12. The summed E-state index contributed by atoms with van der Waals surface area (Å²) in [6.45, 7) is 0. The van der Waals surface area contributed by atoms with Crippen molar-refractivity contribution in [1.29, 1.82) is 0 Å². The molecule has 0 aliphatic heterocycles. The normalized spacial score (nSPS) is 0. The third-order valence-electron chi connectivity index (χ3n) is 0. The van der Waals surface area contributed by atoms with E-state index in [9.17, 15) is 0 Å². The van der Waals surface area contributed by atoms with Crippen LogP contribution in [0.25, 0.3) is 0 Å². The van der Waals surface area contributed by atoms with Crippen LogP contribution in [0, 0.1) is 0 Å². The summed E-state index contributed by atoms with van der Waals surface area (Å²) in [4.78, 5) is 0. The van der Waals surface area contributed by atoms with Gasteiger partial charge < -0.3 is 11.6 Å². The second-order valence-corrected chi connectivity index (χ2v) is 0. The van der Waals surface area contributed by atoms with Gasteiger partial charge in [-0.05, 0) is 0 Å². The zero-order valence-corrected chi connectivity index (χ0v) is 5.45. The first-order valence-electron chi connectivity index (χ1n) is 0. The number of hydrogen-bond acceptors (Lipinski definition) is 1. The van der Waals surface area contributed by atoms with Gasteiger partial charge in [-0.15, -0.1) is 0 Å². The van der Waals surface area contributed by atoms with E-state index in [1.807, 2.05) is 0 Å². The molecule has 0 saturated carbocycles. The first-order chi connectivity index (χ1) is 0. The summed E-state index contributed by atoms with van der Waals surface area (Å²) >= 11 is 0. The van der Waals surface area contributed by atoms with Gasteiger partial charge in [0.25, 0.3) is 0 Å². The van der Waals surface area contributed by atoms with E-state index in [0.717, 1.165) is 0 Å². The van der Waals surface area contributed by atoms with Crippen molar-refractivity contribution in [3.05, 3.63) is 0 Å². The van der Waals surface area contributed by atoms with Gasteiger partial charge in [-0.25, -0.2) is 0 Å². The minimum Gasteiger partial charge on any atom is -0.412 e. The molecular weight excluding hydrogens is 85.3 g/mol. The molecule has 0 saturated heterocycles. The monoisotopic (exact) mass is 93.0 g/mol. The smallest absolute Gasteiger partial charge is 0 e. The molecule has 0 amide bonds. The minimum atomic E-state index is 0. The van der Waals surface area contributed by atoms with E-state index in [-0.39, 0.29) is 44.6 Å². The molecule has 0 aliphatic carbocycles. The van der Waals surface area contributed by atoms with Crippen LogP contribution >= 0.6 is 9.90 Å². The van der Waals surface area contributed by atoms with Crippen LogP contribution < -0.4 is 6.15 Å². The fraction of sp³-hybridized carbons (Fsp3) is 0. The van der Waals surface area contributed by atoms with Crippen LogP contribution in [0.5, 0.6) is 0 Å². The van der Waals surface area contributed by atoms with Gasteiger partial charge in [-0.3, -0.25) is 0 Å². The maximum Gasteiger partial charge on any atom is 0 e. The molecule has 26 valence electrons. The predicted molar refractivity (Wildman–Crippen MR) is 25.5 cm³/mol. The lowest BCUT2D eigenvalue weighted by Crippen LogP contribution is -0.481. The van der Waals surface area contributed by atoms with Crippen molar-refractivity contribution in [1.82, 2.24) is 6.15 Å². The van der Waals surface area contributed by atoms with E-state index in [1.165, 1.54) is 0 Å². The van der Waals surface area contributed by atoms with E-state index in [4.69, 9.17) is 0 Å². The molecular formula is H8MgNOP. The topological polar surface area (TPSA) is 66.5 Å². The summed E-state index contributed by atoms with van der Waals surface area (Å²) < 4.78 is 0. The molecule has 0 aliphatic rings. The first-order valence-corrected chi connectivity index (χ1v) is 0. The molecule has 0 rings (SSSR count). The van der Waals surface area contributed by atoms with Crippen molar-refractivity contribution in [3.8, 4) is 0 Å². The van der Waals surface area contributed by atoms with Crippen LogP contribution in [0.3, 0.4) is 0 Å². The quantitative estimate of drug-likeness (QED) is 0.303. The van der Waals surface area contributed by atoms with Gasteiger partial charge in [-0.1, -0.05) is 0 Å². The SMILES string of the molecule is N.O.P.[Mg]. The van der Waals surface area contributed by atoms with Crippen LogP contribution in [0.1, 0.15) is 0 Å². The average Bonchev–Trinajstić information content (AvgIpc) is 0. The Morgan fingerprint density at radius 3 is 1.00 bits per heavy atom. The molecule has 0 aromatic heterocycles. The van der Waals surface area contributed by atoms with E-state index in [0.29, 0.717) is 0 Å². The largest absolute Gasteiger partial charge is 0.412 e. The first kappa shape index (κ1) is 69.6. The van der Waals surface area contributed by atoms with Gasteiger partial charge in [0, 0.05) is 23.1 Å². The Labute approximate surface area is 45.0 Å². The maximum absolute atomic E-state index is 0. The van der Waals surface area contributed by atoms with Gasteiger partial charge in [0.05, 0.1) is 0 Å². The van der Waals surface area contributed by atoms with Crippen molar-refractivity contribution in [2.45, 2.75) is 0 Å². The van der Waals surface area contributed by atoms with Gasteiger partial charge in [0.1, 0.15) is 0 Å². The summed E-state index contributed by atoms with van der Waals surface area (Å²) in [5, 5.41) is 0. The van der Waals surface area contributed by atoms with Crippen LogP contribution in [-0.4, -0.2) is 28.5 Å². The van der Waals surface area contributed by atoms with Crippen LogP contribution in [0.15, 0.2) is 0 Å². The Balaban J connectivity index is 0. The average molecular weight is 93.3 g/mol. The zero-order chi connectivity index (χ0) is 0. The highest BCUT2D eigenvalue weighted by Gasteiger charge is 0.0000119. The third-order valence-corrected chi connectivity index (χ3v) is 0. The molecule has 0 bridgehead atoms. The second-order valence-electron chi connectivity index (χ2n) is 0. The fourth-order valence-corrected chi connectivity index (χ4v) is 0. The lowest BCUT2D eigenvalue weighted by Gasteiger charge is -0.412. The molecule has 2 radical (unpaired) electrons. The highest BCUT2D eigenvalue weighted by molar-refractivity contribution is 6.92. The van der Waals surface area contributed by atoms with E-state index >= 15 is 0 Å². The van der Waals surface area contributed by atoms with E-state index < -0.39 is 0 Å². The van der Waals surface area contributed by atoms with E-state index in [2.05, 4.69) is 0 Å². The molecule has 0 aromatic carbocycles. The van der Waals surface area contributed by atoms with Crippen molar-refractivity contribution in [2.75, 3.05) is 0 Å². The van der Waals surface area contributed by atoms with Gasteiger partial charge >= 0.3 is 0 Å². The highest BCUT2D eigenvalue weighted by atomic mass is 31.0. The summed E-state index contributed by atoms with van der Waals surface area (Å²) in [7, 11) is 0. The van der Waals surface area contributed by atoms with Crippen molar-refractivity contribution >= 4 is 33.0 Å². The lowest BCUT2D eigenvalue weighted by atomic mass is 14.0. The molecule has 0 heterocycles. The fourth-order valence-electron chi connectivity index (χ4n) is 0. The van der Waals surface area contributed by atoms with Crippen LogP contribution in [-0.2, 0) is 0 Å². The molecule has 0 aromatic rings. The van der Waals surface area contributed by atoms with E-state index in [1.54, 1.807) is 0 Å². The molecule has 2 nitrogen and oxygen atoms in total. The minimum absolute atomic E-state index is 0. The lowest BCUT2D eigenvalue weighted by molar-refractivity contribution is 0.824. The Morgan fingerprint density at radius 2 is 1.00 bits per heavy atom. The molecule has 0 spiro atoms. The van der Waals surface area contributed by atoms with Crippen molar-refractivity contribution < 1.29 is 5.48 Å². The van der Waals surface area contributed by atoms with Crippen LogP contribution in [0.2, 0.25) is 0 Å². The third kappa shape index (κ3) is 11.2. The van der Waals surface area contributed by atoms with Gasteiger partial charge in [0.2, 0.25) is 0 Å². The summed E-state index contributed by atoms with van der Waals surface area (Å²) in [5.74, 6) is 0. The summed E-state index contributed by atoms with van der Waals surface area (Å²) in [6.07, 6.45) is 0. The number of hydrogen-bond donors (Lipinski definition) is 1. The zero-order valence-electron chi connectivity index (χ0n) is 2.62.